The normalized spacial score (nSPS) is 20.7. The Morgan fingerprint density at radius 3 is 2.48 bits per heavy atom. The molecule has 0 aliphatic heterocycles. The number of carbonyl (C=O) groups is 1. The Hall–Kier alpha value is -1.84. The average Bonchev–Trinajstić information content (AvgIpc) is 2.83. The van der Waals surface area contributed by atoms with Gasteiger partial charge in [-0.25, -0.2) is 9.78 Å². The van der Waals surface area contributed by atoms with Gasteiger partial charge in [-0.2, -0.15) is 0 Å². The van der Waals surface area contributed by atoms with Crippen LogP contribution in [-0.4, -0.2) is 20.6 Å². The van der Waals surface area contributed by atoms with Gasteiger partial charge in [0.05, 0.1) is 11.1 Å². The molecule has 0 radical (unpaired) electrons. The molecule has 1 N–H and O–H groups in total. The van der Waals surface area contributed by atoms with Gasteiger partial charge in [-0.15, -0.1) is 0 Å². The largest absolute Gasteiger partial charge is 0.478 e. The van der Waals surface area contributed by atoms with E-state index in [1.807, 2.05) is 12.1 Å². The van der Waals surface area contributed by atoms with Crippen LogP contribution in [0.15, 0.2) is 18.2 Å². The second kappa shape index (κ2) is 4.09. The first kappa shape index (κ1) is 14.1. The van der Waals surface area contributed by atoms with E-state index in [0.717, 1.165) is 17.8 Å². The van der Waals surface area contributed by atoms with Crippen LogP contribution in [-0.2, 0) is 5.41 Å². The molecule has 0 saturated heterocycles. The lowest BCUT2D eigenvalue weighted by Crippen LogP contribution is -2.19. The van der Waals surface area contributed by atoms with Crippen molar-refractivity contribution in [3.8, 4) is 0 Å². The van der Waals surface area contributed by atoms with E-state index < -0.39 is 5.97 Å². The van der Waals surface area contributed by atoms with Crippen LogP contribution in [0.4, 0.5) is 0 Å². The van der Waals surface area contributed by atoms with E-state index in [9.17, 15) is 9.90 Å². The van der Waals surface area contributed by atoms with Crippen LogP contribution in [0.2, 0.25) is 0 Å². The molecule has 2 aromatic rings. The zero-order valence-corrected chi connectivity index (χ0v) is 13.3. The second-order valence-electron chi connectivity index (χ2n) is 7.74. The fraction of sp³-hybridized carbons (Fsp3) is 0.529. The molecular weight excluding hydrogens is 264 g/mol. The number of nitrogens with zero attached hydrogens (tertiary/aromatic N) is 2. The first-order valence-electron chi connectivity index (χ1n) is 7.37. The molecule has 1 aromatic carbocycles. The number of rotatable bonds is 2. The van der Waals surface area contributed by atoms with Crippen LogP contribution >= 0.6 is 0 Å². The van der Waals surface area contributed by atoms with Crippen molar-refractivity contribution in [1.29, 1.82) is 0 Å². The predicted molar refractivity (Wildman–Crippen MR) is 82.8 cm³/mol. The Labute approximate surface area is 124 Å². The molecule has 1 aliphatic carbocycles. The SMILES string of the molecule is CC(C)(C)c1nc2c(C(=O)O)cccc2n1C1CC1(C)C. The summed E-state index contributed by atoms with van der Waals surface area (Å²) in [5, 5.41) is 9.39. The van der Waals surface area contributed by atoms with Crippen molar-refractivity contribution in [2.45, 2.75) is 52.5 Å². The standard InChI is InChI=1S/C17H22N2O2/c1-16(2,3)15-18-13-10(14(20)21)7-6-8-11(13)19(15)12-9-17(12,4)5/h6-8,12H,9H2,1-5H3,(H,20,21). The lowest BCUT2D eigenvalue weighted by atomic mass is 9.95. The molecule has 1 atom stereocenters. The number of aromatic carboxylic acids is 1. The van der Waals surface area contributed by atoms with Crippen molar-refractivity contribution in [1.82, 2.24) is 9.55 Å². The van der Waals surface area contributed by atoms with Gasteiger partial charge < -0.3 is 9.67 Å². The smallest absolute Gasteiger partial charge is 0.337 e. The van der Waals surface area contributed by atoms with E-state index in [1.165, 1.54) is 0 Å². The minimum absolute atomic E-state index is 0.118. The first-order valence-corrected chi connectivity index (χ1v) is 7.37. The topological polar surface area (TPSA) is 55.1 Å². The summed E-state index contributed by atoms with van der Waals surface area (Å²) in [6.45, 7) is 10.9. The van der Waals surface area contributed by atoms with E-state index >= 15 is 0 Å². The molecule has 0 bridgehead atoms. The molecule has 1 saturated carbocycles. The molecule has 0 spiro atoms. The fourth-order valence-corrected chi connectivity index (χ4v) is 3.01. The highest BCUT2D eigenvalue weighted by molar-refractivity contribution is 6.01. The Kier molecular flexibility index (Phi) is 2.75. The molecule has 4 nitrogen and oxygen atoms in total. The molecule has 21 heavy (non-hydrogen) atoms. The zero-order chi connectivity index (χ0) is 15.6. The van der Waals surface area contributed by atoms with Gasteiger partial charge in [0.15, 0.2) is 0 Å². The van der Waals surface area contributed by atoms with Crippen molar-refractivity contribution in [3.63, 3.8) is 0 Å². The molecule has 1 fully saturated rings. The van der Waals surface area contributed by atoms with Crippen molar-refractivity contribution >= 4 is 17.0 Å². The number of hydrogen-bond donors (Lipinski definition) is 1. The monoisotopic (exact) mass is 286 g/mol. The third-order valence-corrected chi connectivity index (χ3v) is 4.39. The number of aromatic nitrogens is 2. The van der Waals surface area contributed by atoms with E-state index in [2.05, 4.69) is 39.2 Å². The van der Waals surface area contributed by atoms with Crippen LogP contribution < -0.4 is 0 Å². The molecular formula is C17H22N2O2. The fourth-order valence-electron chi connectivity index (χ4n) is 3.01. The molecule has 0 amide bonds. The summed E-state index contributed by atoms with van der Waals surface area (Å²) in [5.41, 5.74) is 1.98. The molecule has 1 heterocycles. The lowest BCUT2D eigenvalue weighted by molar-refractivity contribution is 0.0699. The van der Waals surface area contributed by atoms with E-state index in [4.69, 9.17) is 4.98 Å². The number of fused-ring (bicyclic) bond motifs is 1. The second-order valence-corrected chi connectivity index (χ2v) is 7.74. The summed E-state index contributed by atoms with van der Waals surface area (Å²) in [6.07, 6.45) is 1.11. The Balaban J connectivity index is 2.33. The van der Waals surface area contributed by atoms with E-state index in [1.54, 1.807) is 6.07 Å². The van der Waals surface area contributed by atoms with Crippen LogP contribution in [0, 0.1) is 5.41 Å². The van der Waals surface area contributed by atoms with Gasteiger partial charge in [0.25, 0.3) is 0 Å². The summed E-state index contributed by atoms with van der Waals surface area (Å²) >= 11 is 0. The Morgan fingerprint density at radius 2 is 2.00 bits per heavy atom. The maximum absolute atomic E-state index is 11.4. The van der Waals surface area contributed by atoms with Crippen LogP contribution in [0.5, 0.6) is 0 Å². The molecule has 3 rings (SSSR count). The van der Waals surface area contributed by atoms with E-state index in [-0.39, 0.29) is 16.4 Å². The van der Waals surface area contributed by atoms with Gasteiger partial charge in [0, 0.05) is 11.5 Å². The molecule has 1 aliphatic rings. The highest BCUT2D eigenvalue weighted by atomic mass is 16.4. The third kappa shape index (κ3) is 2.13. The van der Waals surface area contributed by atoms with Crippen molar-refractivity contribution < 1.29 is 9.90 Å². The lowest BCUT2D eigenvalue weighted by Gasteiger charge is -2.21. The minimum atomic E-state index is -0.916. The summed E-state index contributed by atoms with van der Waals surface area (Å²) in [6, 6.07) is 5.83. The first-order chi connectivity index (χ1) is 9.63. The number of carboxylic acid groups (broad SMARTS) is 1. The van der Waals surface area contributed by atoms with Crippen LogP contribution in [0.25, 0.3) is 11.0 Å². The summed E-state index contributed by atoms with van der Waals surface area (Å²) in [5.74, 6) is 0.0579. The van der Waals surface area contributed by atoms with Gasteiger partial charge in [-0.3, -0.25) is 0 Å². The van der Waals surface area contributed by atoms with Gasteiger partial charge in [0.2, 0.25) is 0 Å². The Morgan fingerprint density at radius 1 is 1.38 bits per heavy atom. The van der Waals surface area contributed by atoms with Crippen LogP contribution in [0.1, 0.15) is 63.3 Å². The number of benzene rings is 1. The molecule has 4 heteroatoms. The molecule has 1 aromatic heterocycles. The maximum atomic E-state index is 11.4. The predicted octanol–water partition coefficient (Wildman–Crippen LogP) is 4.00. The van der Waals surface area contributed by atoms with E-state index in [0.29, 0.717) is 11.6 Å². The number of carboxylic acids is 1. The summed E-state index contributed by atoms with van der Waals surface area (Å²) < 4.78 is 2.27. The van der Waals surface area contributed by atoms with Gasteiger partial charge in [0.1, 0.15) is 11.3 Å². The third-order valence-electron chi connectivity index (χ3n) is 4.39. The summed E-state index contributed by atoms with van der Waals surface area (Å²) in [4.78, 5) is 16.2. The van der Waals surface area contributed by atoms with Crippen molar-refractivity contribution in [2.75, 3.05) is 0 Å². The highest BCUT2D eigenvalue weighted by Gasteiger charge is 2.49. The van der Waals surface area contributed by atoms with Crippen LogP contribution in [0.3, 0.4) is 0 Å². The summed E-state index contributed by atoms with van der Waals surface area (Å²) in [7, 11) is 0. The van der Waals surface area contributed by atoms with Gasteiger partial charge in [-0.1, -0.05) is 40.7 Å². The molecule has 1 unspecified atom stereocenters. The highest BCUT2D eigenvalue weighted by Crippen LogP contribution is 2.57. The quantitative estimate of drug-likeness (QED) is 0.907. The van der Waals surface area contributed by atoms with Crippen molar-refractivity contribution in [3.05, 3.63) is 29.6 Å². The minimum Gasteiger partial charge on any atom is -0.478 e. The van der Waals surface area contributed by atoms with Gasteiger partial charge >= 0.3 is 5.97 Å². The van der Waals surface area contributed by atoms with Gasteiger partial charge in [-0.05, 0) is 24.0 Å². The average molecular weight is 286 g/mol. The Bertz CT molecular complexity index is 735. The maximum Gasteiger partial charge on any atom is 0.337 e. The zero-order valence-electron chi connectivity index (χ0n) is 13.3. The number of imidazole rings is 1. The number of para-hydroxylation sites is 1. The number of hydrogen-bond acceptors (Lipinski definition) is 2. The van der Waals surface area contributed by atoms with Crippen molar-refractivity contribution in [2.24, 2.45) is 5.41 Å². The molecule has 112 valence electrons.